The van der Waals surface area contributed by atoms with Gasteiger partial charge in [0.05, 0.1) is 6.54 Å². The van der Waals surface area contributed by atoms with E-state index in [2.05, 4.69) is 15.4 Å². The molecule has 0 bridgehead atoms. The summed E-state index contributed by atoms with van der Waals surface area (Å²) in [6.07, 6.45) is 1.67. The summed E-state index contributed by atoms with van der Waals surface area (Å²) in [5.74, 6) is 0.346. The van der Waals surface area contributed by atoms with Crippen LogP contribution in [0.2, 0.25) is 0 Å². The molecule has 94 valence electrons. The molecule has 0 saturated heterocycles. The monoisotopic (exact) mass is 245 g/mol. The van der Waals surface area contributed by atoms with E-state index in [1.165, 1.54) is 0 Å². The van der Waals surface area contributed by atoms with E-state index in [-0.39, 0.29) is 0 Å². The van der Waals surface area contributed by atoms with Crippen LogP contribution in [0.1, 0.15) is 21.7 Å². The summed E-state index contributed by atoms with van der Waals surface area (Å²) >= 11 is 0. The maximum Gasteiger partial charge on any atom is 0.248 e. The number of aryl methyl sites for hydroxylation is 1. The molecule has 0 atom stereocenters. The molecule has 1 heterocycles. The lowest BCUT2D eigenvalue weighted by atomic mass is 10.1. The van der Waals surface area contributed by atoms with Gasteiger partial charge in [-0.05, 0) is 17.7 Å². The van der Waals surface area contributed by atoms with Crippen molar-refractivity contribution in [3.63, 3.8) is 0 Å². The van der Waals surface area contributed by atoms with Crippen LogP contribution in [-0.2, 0) is 20.1 Å². The third-order valence-corrected chi connectivity index (χ3v) is 2.50. The maximum absolute atomic E-state index is 10.9. The Morgan fingerprint density at radius 3 is 2.61 bits per heavy atom. The number of amides is 1. The van der Waals surface area contributed by atoms with Crippen molar-refractivity contribution in [2.24, 2.45) is 12.8 Å². The van der Waals surface area contributed by atoms with E-state index in [4.69, 9.17) is 5.73 Å². The number of nitrogens with one attached hydrogen (secondary N) is 1. The Bertz CT molecular complexity index is 532. The molecule has 18 heavy (non-hydrogen) atoms. The summed E-state index contributed by atoms with van der Waals surface area (Å²) in [6.45, 7) is 1.30. The second-order valence-electron chi connectivity index (χ2n) is 4.00. The van der Waals surface area contributed by atoms with Gasteiger partial charge in [-0.3, -0.25) is 9.48 Å². The Labute approximate surface area is 105 Å². The average Bonchev–Trinajstić information content (AvgIpc) is 2.76. The number of carbonyl (C=O) groups is 1. The predicted octanol–water partition coefficient (Wildman–Crippen LogP) is 0.204. The number of rotatable bonds is 5. The van der Waals surface area contributed by atoms with E-state index in [0.717, 1.165) is 11.4 Å². The van der Waals surface area contributed by atoms with Gasteiger partial charge in [-0.2, -0.15) is 5.10 Å². The lowest BCUT2D eigenvalue weighted by molar-refractivity contribution is 0.100. The number of benzene rings is 1. The molecule has 0 radical (unpaired) electrons. The molecule has 6 nitrogen and oxygen atoms in total. The maximum atomic E-state index is 10.9. The minimum absolute atomic E-state index is 0.410. The number of nitrogens with two attached hydrogens (primary N) is 1. The van der Waals surface area contributed by atoms with Gasteiger partial charge in [0.15, 0.2) is 5.82 Å². The molecule has 0 saturated carbocycles. The van der Waals surface area contributed by atoms with Crippen LogP contribution in [-0.4, -0.2) is 20.7 Å². The van der Waals surface area contributed by atoms with Crippen LogP contribution < -0.4 is 11.1 Å². The summed E-state index contributed by atoms with van der Waals surface area (Å²) in [4.78, 5) is 15.0. The van der Waals surface area contributed by atoms with Gasteiger partial charge in [0, 0.05) is 19.2 Å². The van der Waals surface area contributed by atoms with Crippen molar-refractivity contribution in [1.29, 1.82) is 0 Å². The molecular formula is C12H15N5O. The zero-order valence-electron chi connectivity index (χ0n) is 10.1. The molecule has 2 rings (SSSR count). The Hall–Kier alpha value is -2.21. The highest BCUT2D eigenvalue weighted by atomic mass is 16.1. The van der Waals surface area contributed by atoms with E-state index >= 15 is 0 Å². The van der Waals surface area contributed by atoms with Gasteiger partial charge in [0.25, 0.3) is 0 Å². The van der Waals surface area contributed by atoms with Crippen molar-refractivity contribution >= 4 is 5.91 Å². The van der Waals surface area contributed by atoms with Gasteiger partial charge < -0.3 is 11.1 Å². The molecule has 0 spiro atoms. The van der Waals surface area contributed by atoms with Gasteiger partial charge in [-0.1, -0.05) is 12.1 Å². The van der Waals surface area contributed by atoms with Crippen LogP contribution in [0.4, 0.5) is 0 Å². The SMILES string of the molecule is Cn1cnc(CNCc2ccc(C(N)=O)cc2)n1. The van der Waals surface area contributed by atoms with Gasteiger partial charge >= 0.3 is 0 Å². The minimum Gasteiger partial charge on any atom is -0.366 e. The molecule has 0 aliphatic carbocycles. The molecular weight excluding hydrogens is 230 g/mol. The number of aromatic nitrogens is 3. The molecule has 1 aromatic heterocycles. The Kier molecular flexibility index (Phi) is 3.69. The fourth-order valence-electron chi connectivity index (χ4n) is 1.57. The number of hydrogen-bond donors (Lipinski definition) is 2. The van der Waals surface area contributed by atoms with Crippen molar-refractivity contribution in [2.45, 2.75) is 13.1 Å². The lowest BCUT2D eigenvalue weighted by Crippen LogP contribution is -2.15. The summed E-state index contributed by atoms with van der Waals surface area (Å²) in [6, 6.07) is 7.19. The van der Waals surface area contributed by atoms with E-state index in [0.29, 0.717) is 18.7 Å². The topological polar surface area (TPSA) is 85.8 Å². The van der Waals surface area contributed by atoms with Gasteiger partial charge in [-0.25, -0.2) is 4.98 Å². The zero-order valence-corrected chi connectivity index (χ0v) is 10.1. The van der Waals surface area contributed by atoms with Gasteiger partial charge in [0.2, 0.25) is 5.91 Å². The van der Waals surface area contributed by atoms with Crippen LogP contribution in [0.3, 0.4) is 0 Å². The molecule has 0 aliphatic heterocycles. The Balaban J connectivity index is 1.85. The third kappa shape index (κ3) is 3.14. The van der Waals surface area contributed by atoms with Crippen LogP contribution in [0.15, 0.2) is 30.6 Å². The van der Waals surface area contributed by atoms with Crippen molar-refractivity contribution in [3.8, 4) is 0 Å². The van der Waals surface area contributed by atoms with Crippen molar-refractivity contribution < 1.29 is 4.79 Å². The number of primary amides is 1. The predicted molar refractivity (Wildman–Crippen MR) is 66.5 cm³/mol. The molecule has 0 fully saturated rings. The average molecular weight is 245 g/mol. The summed E-state index contributed by atoms with van der Waals surface area (Å²) in [7, 11) is 1.83. The molecule has 3 N–H and O–H groups in total. The second-order valence-corrected chi connectivity index (χ2v) is 4.00. The number of hydrogen-bond acceptors (Lipinski definition) is 4. The van der Waals surface area contributed by atoms with Crippen LogP contribution in [0.25, 0.3) is 0 Å². The third-order valence-electron chi connectivity index (χ3n) is 2.50. The first-order valence-electron chi connectivity index (χ1n) is 5.59. The highest BCUT2D eigenvalue weighted by Gasteiger charge is 2.01. The van der Waals surface area contributed by atoms with E-state index in [9.17, 15) is 4.79 Å². The van der Waals surface area contributed by atoms with E-state index in [1.54, 1.807) is 23.1 Å². The first-order valence-corrected chi connectivity index (χ1v) is 5.59. The van der Waals surface area contributed by atoms with Crippen molar-refractivity contribution in [1.82, 2.24) is 20.1 Å². The summed E-state index contributed by atoms with van der Waals surface area (Å²) in [5.41, 5.74) is 6.77. The van der Waals surface area contributed by atoms with Crippen LogP contribution in [0, 0.1) is 0 Å². The van der Waals surface area contributed by atoms with E-state index < -0.39 is 5.91 Å². The minimum atomic E-state index is -0.410. The van der Waals surface area contributed by atoms with Crippen LogP contribution >= 0.6 is 0 Å². The van der Waals surface area contributed by atoms with Crippen LogP contribution in [0.5, 0.6) is 0 Å². The molecule has 6 heteroatoms. The second kappa shape index (κ2) is 5.42. The summed E-state index contributed by atoms with van der Waals surface area (Å²) < 4.78 is 1.67. The molecule has 0 unspecified atom stereocenters. The first-order chi connectivity index (χ1) is 8.65. The standard InChI is InChI=1S/C12H15N5O/c1-17-8-15-11(16-17)7-14-6-9-2-4-10(5-3-9)12(13)18/h2-5,8,14H,6-7H2,1H3,(H2,13,18). The quantitative estimate of drug-likeness (QED) is 0.788. The highest BCUT2D eigenvalue weighted by Crippen LogP contribution is 2.03. The fraction of sp³-hybridized carbons (Fsp3) is 0.250. The highest BCUT2D eigenvalue weighted by molar-refractivity contribution is 5.92. The lowest BCUT2D eigenvalue weighted by Gasteiger charge is -2.03. The molecule has 0 aliphatic rings. The van der Waals surface area contributed by atoms with Crippen molar-refractivity contribution in [3.05, 3.63) is 47.5 Å². The molecule has 1 amide bonds. The normalized spacial score (nSPS) is 10.5. The van der Waals surface area contributed by atoms with Crippen molar-refractivity contribution in [2.75, 3.05) is 0 Å². The summed E-state index contributed by atoms with van der Waals surface area (Å²) in [5, 5.41) is 7.39. The Morgan fingerprint density at radius 1 is 1.33 bits per heavy atom. The number of nitrogens with zero attached hydrogens (tertiary/aromatic N) is 3. The van der Waals surface area contributed by atoms with Gasteiger partial charge in [0.1, 0.15) is 6.33 Å². The van der Waals surface area contributed by atoms with E-state index in [1.807, 2.05) is 19.2 Å². The zero-order chi connectivity index (χ0) is 13.0. The molecule has 1 aromatic carbocycles. The molecule has 2 aromatic rings. The number of carbonyl (C=O) groups excluding carboxylic acids is 1. The largest absolute Gasteiger partial charge is 0.366 e. The first kappa shape index (κ1) is 12.3. The fourth-order valence-corrected chi connectivity index (χ4v) is 1.57. The van der Waals surface area contributed by atoms with Gasteiger partial charge in [-0.15, -0.1) is 0 Å². The Morgan fingerprint density at radius 2 is 2.06 bits per heavy atom. The smallest absolute Gasteiger partial charge is 0.248 e.